The molecule has 0 radical (unpaired) electrons. The Morgan fingerprint density at radius 2 is 2.10 bits per heavy atom. The third-order valence-corrected chi connectivity index (χ3v) is 3.89. The highest BCUT2D eigenvalue weighted by Crippen LogP contribution is 2.38. The second kappa shape index (κ2) is 5.58. The molecule has 0 bridgehead atoms. The van der Waals surface area contributed by atoms with Gasteiger partial charge < -0.3 is 15.2 Å². The molecule has 1 aromatic rings. The summed E-state index contributed by atoms with van der Waals surface area (Å²) < 4.78 is 11.6. The molecular weight excluding hydrogens is 286 g/mol. The van der Waals surface area contributed by atoms with Crippen molar-refractivity contribution in [2.45, 2.75) is 26.6 Å². The molecule has 1 aliphatic heterocycles. The lowest BCUT2D eigenvalue weighted by molar-refractivity contribution is -0.00858. The van der Waals surface area contributed by atoms with Crippen LogP contribution in [0.2, 0.25) is 0 Å². The molecule has 3 rings (SSSR count). The Bertz CT molecular complexity index is 673. The molecule has 21 heavy (non-hydrogen) atoms. The number of rotatable bonds is 2. The number of halogens is 1. The lowest BCUT2D eigenvalue weighted by atomic mass is 9.97. The molecule has 1 aromatic carbocycles. The molecule has 1 unspecified atom stereocenters. The van der Waals surface area contributed by atoms with E-state index in [4.69, 9.17) is 26.8 Å². The number of fused-ring (bicyclic) bond motifs is 1. The smallest absolute Gasteiger partial charge is 0.253 e. The molecule has 2 aliphatic rings. The Balaban J connectivity index is 2.16. The first-order valence-electron chi connectivity index (χ1n) is 7.00. The number of aryl methyl sites for hydroxylation is 2. The van der Waals surface area contributed by atoms with Gasteiger partial charge in [0.2, 0.25) is 0 Å². The topological polar surface area (TPSA) is 44.5 Å². The second-order valence-electron chi connectivity index (χ2n) is 5.33. The third-order valence-electron chi connectivity index (χ3n) is 3.62. The molecule has 1 atom stereocenters. The third kappa shape index (κ3) is 2.71. The van der Waals surface area contributed by atoms with E-state index >= 15 is 0 Å². The van der Waals surface area contributed by atoms with Crippen LogP contribution in [-0.2, 0) is 9.47 Å². The highest BCUT2D eigenvalue weighted by atomic mass is 35.5. The summed E-state index contributed by atoms with van der Waals surface area (Å²) in [6.07, 6.45) is 4.12. The molecule has 2 N–H and O–H groups in total. The van der Waals surface area contributed by atoms with Crippen molar-refractivity contribution in [1.82, 2.24) is 0 Å². The summed E-state index contributed by atoms with van der Waals surface area (Å²) in [5, 5.41) is 0.760. The number of ether oxygens (including phenoxy) is 2. The summed E-state index contributed by atoms with van der Waals surface area (Å²) in [7, 11) is 0. The molecule has 1 fully saturated rings. The van der Waals surface area contributed by atoms with E-state index in [1.54, 1.807) is 0 Å². The molecule has 0 amide bonds. The molecule has 1 aliphatic carbocycles. The largest absolute Gasteiger partial charge is 0.450 e. The van der Waals surface area contributed by atoms with Crippen LogP contribution in [0, 0.1) is 13.8 Å². The molecule has 3 nitrogen and oxygen atoms in total. The van der Waals surface area contributed by atoms with Crippen LogP contribution in [0.1, 0.15) is 23.1 Å². The van der Waals surface area contributed by atoms with Crippen molar-refractivity contribution in [1.29, 1.82) is 0 Å². The van der Waals surface area contributed by atoms with Gasteiger partial charge in [-0.05, 0) is 37.1 Å². The maximum Gasteiger partial charge on any atom is 0.253 e. The minimum absolute atomic E-state index is 0.318. The SMILES string of the molecule is Cc1ccc(C2=C3OC(CN)OC3=CCC(Cl)=C2)c(C)c1. The Kier molecular flexibility index (Phi) is 3.79. The van der Waals surface area contributed by atoms with Crippen LogP contribution in [-0.4, -0.2) is 12.8 Å². The van der Waals surface area contributed by atoms with Gasteiger partial charge in [0.15, 0.2) is 11.5 Å². The van der Waals surface area contributed by atoms with E-state index in [1.165, 1.54) is 11.1 Å². The Morgan fingerprint density at radius 3 is 2.81 bits per heavy atom. The van der Waals surface area contributed by atoms with Crippen molar-refractivity contribution < 1.29 is 9.47 Å². The van der Waals surface area contributed by atoms with Crippen LogP contribution >= 0.6 is 11.6 Å². The zero-order chi connectivity index (χ0) is 15.0. The summed E-state index contributed by atoms with van der Waals surface area (Å²) >= 11 is 6.28. The van der Waals surface area contributed by atoms with Gasteiger partial charge in [-0.2, -0.15) is 0 Å². The predicted octanol–water partition coefficient (Wildman–Crippen LogP) is 3.76. The van der Waals surface area contributed by atoms with E-state index in [0.29, 0.717) is 13.0 Å². The second-order valence-corrected chi connectivity index (χ2v) is 5.81. The van der Waals surface area contributed by atoms with Gasteiger partial charge in [-0.1, -0.05) is 35.4 Å². The molecule has 0 saturated carbocycles. The number of benzene rings is 1. The molecule has 4 heteroatoms. The van der Waals surface area contributed by atoms with E-state index in [1.807, 2.05) is 12.2 Å². The van der Waals surface area contributed by atoms with Crippen LogP contribution in [0.25, 0.3) is 5.57 Å². The fourth-order valence-corrected chi connectivity index (χ4v) is 2.82. The first-order valence-corrected chi connectivity index (χ1v) is 7.38. The van der Waals surface area contributed by atoms with Gasteiger partial charge in [0.1, 0.15) is 0 Å². The van der Waals surface area contributed by atoms with Crippen molar-refractivity contribution in [2.24, 2.45) is 5.73 Å². The molecule has 110 valence electrons. The number of allylic oxidation sites excluding steroid dienone is 4. The van der Waals surface area contributed by atoms with Crippen LogP contribution in [0.15, 0.2) is 46.9 Å². The summed E-state index contributed by atoms with van der Waals surface area (Å²) in [4.78, 5) is 0. The van der Waals surface area contributed by atoms with E-state index in [0.717, 1.165) is 27.7 Å². The minimum Gasteiger partial charge on any atom is -0.450 e. The lowest BCUT2D eigenvalue weighted by Crippen LogP contribution is -2.19. The van der Waals surface area contributed by atoms with Crippen LogP contribution in [0.5, 0.6) is 0 Å². The van der Waals surface area contributed by atoms with Crippen molar-refractivity contribution in [3.63, 3.8) is 0 Å². The standard InChI is InChI=1S/C17H18ClNO2/c1-10-3-5-13(11(2)7-10)14-8-12(18)4-6-15-17(14)21-16(9-19)20-15/h3,5-8,16H,4,9,19H2,1-2H3. The number of nitrogens with two attached hydrogens (primary N) is 1. The maximum absolute atomic E-state index is 6.28. The van der Waals surface area contributed by atoms with Crippen molar-refractivity contribution in [2.75, 3.05) is 6.54 Å². The lowest BCUT2D eigenvalue weighted by Gasteiger charge is -2.11. The quantitative estimate of drug-likeness (QED) is 0.905. The highest BCUT2D eigenvalue weighted by molar-refractivity contribution is 6.30. The maximum atomic E-state index is 6.28. The number of hydrogen-bond acceptors (Lipinski definition) is 3. The fourth-order valence-electron chi connectivity index (χ4n) is 2.63. The average Bonchev–Trinajstić information content (AvgIpc) is 2.80. The van der Waals surface area contributed by atoms with Crippen LogP contribution < -0.4 is 5.73 Å². The number of hydrogen-bond donors (Lipinski definition) is 1. The van der Waals surface area contributed by atoms with Gasteiger partial charge in [-0.25, -0.2) is 0 Å². The first kappa shape index (κ1) is 14.2. The molecule has 0 spiro atoms. The van der Waals surface area contributed by atoms with Gasteiger partial charge in [0.05, 0.1) is 6.54 Å². The van der Waals surface area contributed by atoms with Crippen molar-refractivity contribution in [3.8, 4) is 0 Å². The zero-order valence-corrected chi connectivity index (χ0v) is 12.9. The van der Waals surface area contributed by atoms with Gasteiger partial charge in [-0.15, -0.1) is 0 Å². The summed E-state index contributed by atoms with van der Waals surface area (Å²) in [5.41, 5.74) is 10.1. The Morgan fingerprint density at radius 1 is 1.29 bits per heavy atom. The monoisotopic (exact) mass is 303 g/mol. The summed E-state index contributed by atoms with van der Waals surface area (Å²) in [5.74, 6) is 1.46. The normalized spacial score (nSPS) is 21.0. The zero-order valence-electron chi connectivity index (χ0n) is 12.2. The molecule has 0 aromatic heterocycles. The predicted molar refractivity (Wildman–Crippen MR) is 84.5 cm³/mol. The molecule has 1 heterocycles. The highest BCUT2D eigenvalue weighted by Gasteiger charge is 2.30. The van der Waals surface area contributed by atoms with Crippen molar-refractivity contribution in [3.05, 3.63) is 63.6 Å². The van der Waals surface area contributed by atoms with Crippen LogP contribution in [0.4, 0.5) is 0 Å². The van der Waals surface area contributed by atoms with Crippen molar-refractivity contribution >= 4 is 17.2 Å². The molecular formula is C17H18ClNO2. The van der Waals surface area contributed by atoms with E-state index in [2.05, 4.69) is 32.0 Å². The van der Waals surface area contributed by atoms with E-state index in [-0.39, 0.29) is 0 Å². The average molecular weight is 304 g/mol. The summed E-state index contributed by atoms with van der Waals surface area (Å²) in [6, 6.07) is 6.33. The van der Waals surface area contributed by atoms with Gasteiger partial charge in [-0.3, -0.25) is 0 Å². The Labute approximate surface area is 129 Å². The Hall–Kier alpha value is -1.71. The summed E-state index contributed by atoms with van der Waals surface area (Å²) in [6.45, 7) is 4.48. The fraction of sp³-hybridized carbons (Fsp3) is 0.294. The van der Waals surface area contributed by atoms with E-state index in [9.17, 15) is 0 Å². The first-order chi connectivity index (χ1) is 10.1. The minimum atomic E-state index is -0.419. The van der Waals surface area contributed by atoms with Gasteiger partial charge >= 0.3 is 0 Å². The van der Waals surface area contributed by atoms with E-state index < -0.39 is 6.29 Å². The van der Waals surface area contributed by atoms with Gasteiger partial charge in [0.25, 0.3) is 6.29 Å². The van der Waals surface area contributed by atoms with Gasteiger partial charge in [0, 0.05) is 17.0 Å². The molecule has 1 saturated heterocycles. The van der Waals surface area contributed by atoms with Crippen LogP contribution in [0.3, 0.4) is 0 Å².